The SMILES string of the molecule is Cc1ccc(-c2ccc3c(c2)-c2ccccc2C3(C)Cc2cc(-c3ccc(C)cc3)cc3c2-c2ccccc2C3(C)Cc2cccc3c2-c2cccc(-c4ccc(C)cc4)c2C3(C)C)cc1. The topological polar surface area (TPSA) is 0 Å². The van der Waals surface area contributed by atoms with Gasteiger partial charge in [0, 0.05) is 16.2 Å². The van der Waals surface area contributed by atoms with Gasteiger partial charge in [0.25, 0.3) is 0 Å². The third-order valence-corrected chi connectivity index (χ3v) is 16.0. The predicted octanol–water partition coefficient (Wildman–Crippen LogP) is 17.0. The van der Waals surface area contributed by atoms with Crippen LogP contribution in [0.4, 0.5) is 0 Å². The number of fused-ring (bicyclic) bond motifs is 9. The van der Waals surface area contributed by atoms with Crippen molar-refractivity contribution >= 4 is 0 Å². The van der Waals surface area contributed by atoms with Gasteiger partial charge in [-0.1, -0.05) is 220 Å². The molecule has 0 saturated carbocycles. The van der Waals surface area contributed by atoms with E-state index >= 15 is 0 Å². The van der Waals surface area contributed by atoms with Gasteiger partial charge in [-0.05, 0) is 157 Å². The van der Waals surface area contributed by atoms with Gasteiger partial charge >= 0.3 is 0 Å². The Kier molecular flexibility index (Phi) is 9.05. The molecule has 0 saturated heterocycles. The van der Waals surface area contributed by atoms with Crippen LogP contribution in [0.15, 0.2) is 188 Å². The molecular weight excluding hydrogens is 793 g/mol. The van der Waals surface area contributed by atoms with Gasteiger partial charge in [-0.2, -0.15) is 0 Å². The second-order valence-electron chi connectivity index (χ2n) is 20.7. The molecule has 320 valence electrons. The Bertz CT molecular complexity index is 3410. The second-order valence-corrected chi connectivity index (χ2v) is 20.7. The summed E-state index contributed by atoms with van der Waals surface area (Å²) in [5.74, 6) is 0. The molecule has 2 atom stereocenters. The number of hydrogen-bond acceptors (Lipinski definition) is 0. The van der Waals surface area contributed by atoms with E-state index in [2.05, 4.69) is 237 Å². The van der Waals surface area contributed by atoms with Crippen LogP contribution in [-0.4, -0.2) is 0 Å². The lowest BCUT2D eigenvalue weighted by Gasteiger charge is -2.31. The smallest absolute Gasteiger partial charge is 0.0227 e. The Morgan fingerprint density at radius 3 is 1.45 bits per heavy atom. The summed E-state index contributed by atoms with van der Waals surface area (Å²) in [7, 11) is 0. The third-order valence-electron chi connectivity index (χ3n) is 16.0. The zero-order valence-electron chi connectivity index (χ0n) is 39.3. The quantitative estimate of drug-likeness (QED) is 0.150. The van der Waals surface area contributed by atoms with Crippen molar-refractivity contribution in [2.45, 2.75) is 77.6 Å². The van der Waals surface area contributed by atoms with Gasteiger partial charge in [-0.3, -0.25) is 0 Å². The van der Waals surface area contributed by atoms with E-state index in [1.807, 2.05) is 0 Å². The van der Waals surface area contributed by atoms with Gasteiger partial charge in [0.05, 0.1) is 0 Å². The molecule has 3 aliphatic rings. The second kappa shape index (κ2) is 14.7. The lowest BCUT2D eigenvalue weighted by atomic mass is 9.71. The first-order valence-corrected chi connectivity index (χ1v) is 23.9. The molecule has 0 radical (unpaired) electrons. The lowest BCUT2D eigenvalue weighted by molar-refractivity contribution is 0.574. The summed E-state index contributed by atoms with van der Waals surface area (Å²) < 4.78 is 0. The number of hydrogen-bond donors (Lipinski definition) is 0. The Balaban J connectivity index is 1.04. The van der Waals surface area contributed by atoms with Gasteiger partial charge in [0.15, 0.2) is 0 Å². The maximum absolute atomic E-state index is 2.56. The lowest BCUT2D eigenvalue weighted by Crippen LogP contribution is -2.26. The Morgan fingerprint density at radius 2 is 0.773 bits per heavy atom. The summed E-state index contributed by atoms with van der Waals surface area (Å²) in [5.41, 5.74) is 30.6. The maximum Gasteiger partial charge on any atom is 0.0227 e. The minimum atomic E-state index is -0.284. The molecule has 66 heavy (non-hydrogen) atoms. The zero-order valence-corrected chi connectivity index (χ0v) is 39.3. The summed E-state index contributed by atoms with van der Waals surface area (Å²) in [6.07, 6.45) is 1.78. The van der Waals surface area contributed by atoms with E-state index < -0.39 is 0 Å². The summed E-state index contributed by atoms with van der Waals surface area (Å²) in [4.78, 5) is 0. The van der Waals surface area contributed by atoms with E-state index in [1.54, 1.807) is 0 Å². The van der Waals surface area contributed by atoms with Gasteiger partial charge in [0.2, 0.25) is 0 Å². The molecule has 9 aromatic carbocycles. The molecule has 0 heterocycles. The first-order chi connectivity index (χ1) is 31.9. The van der Waals surface area contributed by atoms with Crippen LogP contribution in [0.2, 0.25) is 0 Å². The molecule has 0 N–H and O–H groups in total. The minimum absolute atomic E-state index is 0.148. The van der Waals surface area contributed by atoms with Gasteiger partial charge in [-0.15, -0.1) is 0 Å². The first kappa shape index (κ1) is 40.5. The van der Waals surface area contributed by atoms with E-state index in [9.17, 15) is 0 Å². The van der Waals surface area contributed by atoms with Crippen molar-refractivity contribution in [2.24, 2.45) is 0 Å². The molecule has 0 aliphatic heterocycles. The van der Waals surface area contributed by atoms with Crippen molar-refractivity contribution < 1.29 is 0 Å². The van der Waals surface area contributed by atoms with Crippen molar-refractivity contribution in [3.05, 3.63) is 249 Å². The van der Waals surface area contributed by atoms with E-state index in [4.69, 9.17) is 0 Å². The molecular formula is C66H56. The molecule has 3 aliphatic carbocycles. The fourth-order valence-corrected chi connectivity index (χ4v) is 12.6. The molecule has 0 fully saturated rings. The van der Waals surface area contributed by atoms with Crippen molar-refractivity contribution in [3.63, 3.8) is 0 Å². The van der Waals surface area contributed by atoms with Gasteiger partial charge in [0.1, 0.15) is 0 Å². The molecule has 2 unspecified atom stereocenters. The minimum Gasteiger partial charge on any atom is -0.0619 e. The molecule has 9 aromatic rings. The number of benzene rings is 9. The highest BCUT2D eigenvalue weighted by Gasteiger charge is 2.46. The van der Waals surface area contributed by atoms with E-state index in [0.29, 0.717) is 0 Å². The summed E-state index contributed by atoms with van der Waals surface area (Å²) in [6, 6.07) is 72.3. The standard InChI is InChI=1S/C66H56/c1-41-22-28-44(29-23-41)47-34-35-58-55(37-47)52-15-8-10-19-56(52)65(58,6)40-50-36-49(45-30-24-42(2)25-31-45)38-60-62(50)53-16-9-11-20-57(53)66(60,7)39-48-14-12-21-59-61(48)54-18-13-17-51(63(54)64(59,4)5)46-32-26-43(3)27-33-46/h8-38H,39-40H2,1-7H3. The molecule has 0 heteroatoms. The van der Waals surface area contributed by atoms with E-state index in [0.717, 1.165) is 12.8 Å². The van der Waals surface area contributed by atoms with Crippen LogP contribution in [-0.2, 0) is 29.1 Å². The summed E-state index contributed by atoms with van der Waals surface area (Å²) in [6.45, 7) is 16.4. The van der Waals surface area contributed by atoms with Crippen LogP contribution in [0.5, 0.6) is 0 Å². The third kappa shape index (κ3) is 6.04. The van der Waals surface area contributed by atoms with Crippen molar-refractivity contribution in [3.8, 4) is 66.8 Å². The van der Waals surface area contributed by atoms with E-state index in [-0.39, 0.29) is 16.2 Å². The average molecular weight is 849 g/mol. The highest BCUT2D eigenvalue weighted by molar-refractivity contribution is 5.92. The Labute approximate surface area is 391 Å². The molecule has 0 amide bonds. The Hall–Kier alpha value is -7.02. The molecule has 12 rings (SSSR count). The van der Waals surface area contributed by atoms with Crippen LogP contribution in [0.3, 0.4) is 0 Å². The summed E-state index contributed by atoms with van der Waals surface area (Å²) in [5, 5.41) is 0. The van der Waals surface area contributed by atoms with Crippen molar-refractivity contribution in [2.75, 3.05) is 0 Å². The molecule has 0 aromatic heterocycles. The van der Waals surface area contributed by atoms with Gasteiger partial charge < -0.3 is 0 Å². The molecule has 0 nitrogen and oxygen atoms in total. The van der Waals surface area contributed by atoms with Crippen LogP contribution in [0, 0.1) is 20.8 Å². The fraction of sp³-hybridized carbons (Fsp3) is 0.182. The monoisotopic (exact) mass is 848 g/mol. The van der Waals surface area contributed by atoms with Crippen LogP contribution < -0.4 is 0 Å². The van der Waals surface area contributed by atoms with Crippen molar-refractivity contribution in [1.82, 2.24) is 0 Å². The highest BCUT2D eigenvalue weighted by atomic mass is 14.5. The maximum atomic E-state index is 2.56. The Morgan fingerprint density at radius 1 is 0.303 bits per heavy atom. The zero-order chi connectivity index (χ0) is 45.1. The van der Waals surface area contributed by atoms with E-state index in [1.165, 1.54) is 128 Å². The van der Waals surface area contributed by atoms with Gasteiger partial charge in [-0.25, -0.2) is 0 Å². The fourth-order valence-electron chi connectivity index (χ4n) is 12.6. The van der Waals surface area contributed by atoms with Crippen LogP contribution in [0.1, 0.15) is 88.9 Å². The number of aryl methyl sites for hydroxylation is 3. The largest absolute Gasteiger partial charge is 0.0619 e. The van der Waals surface area contributed by atoms with Crippen LogP contribution in [0.25, 0.3) is 66.8 Å². The highest BCUT2D eigenvalue weighted by Crippen LogP contribution is 2.59. The first-order valence-electron chi connectivity index (χ1n) is 23.9. The number of rotatable bonds is 7. The normalized spacial score (nSPS) is 18.0. The predicted molar refractivity (Wildman–Crippen MR) is 279 cm³/mol. The average Bonchev–Trinajstić information content (AvgIpc) is 3.84. The van der Waals surface area contributed by atoms with Crippen molar-refractivity contribution in [1.29, 1.82) is 0 Å². The molecule has 0 bridgehead atoms. The summed E-state index contributed by atoms with van der Waals surface area (Å²) >= 11 is 0. The molecule has 0 spiro atoms. The van der Waals surface area contributed by atoms with Crippen LogP contribution >= 0.6 is 0 Å².